The summed E-state index contributed by atoms with van der Waals surface area (Å²) in [5, 5.41) is 6.55. The molecule has 0 heterocycles. The van der Waals surface area contributed by atoms with Gasteiger partial charge in [0.2, 0.25) is 0 Å². The van der Waals surface area contributed by atoms with Gasteiger partial charge in [-0.1, -0.05) is 0 Å². The van der Waals surface area contributed by atoms with Crippen LogP contribution < -0.4 is 0 Å². The molecule has 0 amide bonds. The first-order valence-corrected chi connectivity index (χ1v) is 2.68. The summed E-state index contributed by atoms with van der Waals surface area (Å²) in [4.78, 5) is 14.0. The zero-order valence-corrected chi connectivity index (χ0v) is 5.64. The number of nitrogens with zero attached hydrogens (tertiary/aromatic N) is 1. The number of carbonyl (C=O) groups is 1. The molecule has 0 saturated heterocycles. The molecule has 0 aliphatic rings. The van der Waals surface area contributed by atoms with Gasteiger partial charge in [0, 0.05) is 12.1 Å². The normalized spacial score (nSPS) is 11.1. The minimum Gasteiger partial charge on any atom is -0.300 e. The van der Waals surface area contributed by atoms with Crippen molar-refractivity contribution in [3.8, 4) is 0 Å². The van der Waals surface area contributed by atoms with Gasteiger partial charge >= 0.3 is 0 Å². The fourth-order valence-electron chi connectivity index (χ4n) is 0.516. The van der Waals surface area contributed by atoms with Crippen LogP contribution in [0, 0.1) is 5.41 Å². The molecule has 0 aromatic rings. The molecule has 0 atom stereocenters. The van der Waals surface area contributed by atoms with Crippen LogP contribution in [0.3, 0.4) is 0 Å². The van der Waals surface area contributed by atoms with Crippen molar-refractivity contribution in [2.24, 2.45) is 4.99 Å². The molecule has 0 unspecified atom stereocenters. The van der Waals surface area contributed by atoms with Crippen LogP contribution in [-0.2, 0) is 4.79 Å². The zero-order valence-electron chi connectivity index (χ0n) is 5.64. The van der Waals surface area contributed by atoms with Gasteiger partial charge in [-0.3, -0.25) is 10.2 Å². The summed E-state index contributed by atoms with van der Waals surface area (Å²) < 4.78 is 0. The molecule has 0 rings (SSSR count). The Labute approximate surface area is 54.3 Å². The van der Waals surface area contributed by atoms with Crippen molar-refractivity contribution >= 4 is 17.8 Å². The van der Waals surface area contributed by atoms with Gasteiger partial charge in [0.25, 0.3) is 0 Å². The van der Waals surface area contributed by atoms with E-state index in [0.29, 0.717) is 12.1 Å². The van der Waals surface area contributed by atoms with Gasteiger partial charge in [0.1, 0.15) is 12.1 Å². The molecule has 0 aromatic heterocycles. The molecule has 0 spiro atoms. The Hall–Kier alpha value is -0.990. The van der Waals surface area contributed by atoms with Crippen LogP contribution in [0.5, 0.6) is 0 Å². The quantitative estimate of drug-likeness (QED) is 0.445. The van der Waals surface area contributed by atoms with Crippen LogP contribution in [0.2, 0.25) is 0 Å². The minimum absolute atomic E-state index is 0.0816. The van der Waals surface area contributed by atoms with E-state index in [4.69, 9.17) is 5.41 Å². The molecule has 0 saturated carbocycles. The lowest BCUT2D eigenvalue weighted by molar-refractivity contribution is -0.115. The Balaban J connectivity index is 3.75. The van der Waals surface area contributed by atoms with Crippen molar-refractivity contribution in [3.05, 3.63) is 0 Å². The lowest BCUT2D eigenvalue weighted by atomic mass is 10.2. The molecule has 0 radical (unpaired) electrons. The highest BCUT2D eigenvalue weighted by atomic mass is 16.1. The summed E-state index contributed by atoms with van der Waals surface area (Å²) >= 11 is 0. The Bertz CT molecular complexity index is 149. The number of hydrogen-bond donors (Lipinski definition) is 1. The second kappa shape index (κ2) is 3.95. The van der Waals surface area contributed by atoms with Crippen LogP contribution >= 0.6 is 0 Å². The topological polar surface area (TPSA) is 53.3 Å². The van der Waals surface area contributed by atoms with E-state index in [0.717, 1.165) is 6.34 Å². The van der Waals surface area contributed by atoms with Crippen molar-refractivity contribution in [2.75, 3.05) is 0 Å². The lowest BCUT2D eigenvalue weighted by Gasteiger charge is -1.89. The molecule has 0 aromatic carbocycles. The minimum atomic E-state index is 0.0816. The predicted molar refractivity (Wildman–Crippen MR) is 37.2 cm³/mol. The van der Waals surface area contributed by atoms with Gasteiger partial charge in [-0.05, 0) is 13.8 Å². The summed E-state index contributed by atoms with van der Waals surface area (Å²) in [6, 6.07) is 0. The summed E-state index contributed by atoms with van der Waals surface area (Å²) in [5.74, 6) is 0.0816. The maximum Gasteiger partial charge on any atom is 0.135 e. The number of Topliss-reactive ketones (excluding diaryl/α,β-unsaturated/α-hetero) is 1. The molecule has 50 valence electrons. The third-order valence-corrected chi connectivity index (χ3v) is 0.790. The molecule has 1 N–H and O–H groups in total. The molecule has 9 heavy (non-hydrogen) atoms. The molecular formula is C6H10N2O. The first-order chi connectivity index (χ1) is 4.16. The van der Waals surface area contributed by atoms with Gasteiger partial charge in [0.15, 0.2) is 0 Å². The van der Waals surface area contributed by atoms with E-state index in [1.807, 2.05) is 0 Å². The standard InChI is InChI=1S/C6H10N2O/c1-5(8-4-7)3-6(2)9/h4,7H,3H2,1-2H3/b7-4?,8-5-. The lowest BCUT2D eigenvalue weighted by Crippen LogP contribution is -1.99. The van der Waals surface area contributed by atoms with E-state index >= 15 is 0 Å². The van der Waals surface area contributed by atoms with Crippen LogP contribution in [0.15, 0.2) is 4.99 Å². The first-order valence-electron chi connectivity index (χ1n) is 2.68. The SMILES string of the molecule is CC(=O)C/C(C)=N\C=N. The number of ketones is 1. The number of carbonyl (C=O) groups excluding carboxylic acids is 1. The summed E-state index contributed by atoms with van der Waals surface area (Å²) in [6.45, 7) is 3.23. The molecule has 3 nitrogen and oxygen atoms in total. The Morgan fingerprint density at radius 3 is 2.56 bits per heavy atom. The average molecular weight is 126 g/mol. The second-order valence-electron chi connectivity index (χ2n) is 1.87. The summed E-state index contributed by atoms with van der Waals surface area (Å²) in [7, 11) is 0. The van der Waals surface area contributed by atoms with E-state index in [9.17, 15) is 4.79 Å². The van der Waals surface area contributed by atoms with Gasteiger partial charge in [-0.15, -0.1) is 0 Å². The summed E-state index contributed by atoms with van der Waals surface area (Å²) in [6.07, 6.45) is 1.30. The van der Waals surface area contributed by atoms with E-state index in [1.165, 1.54) is 6.92 Å². The maximum absolute atomic E-state index is 10.4. The van der Waals surface area contributed by atoms with Crippen molar-refractivity contribution in [1.29, 1.82) is 5.41 Å². The molecule has 0 aliphatic heterocycles. The summed E-state index contributed by atoms with van der Waals surface area (Å²) in [5.41, 5.74) is 0.692. The molecular weight excluding hydrogens is 116 g/mol. The predicted octanol–water partition coefficient (Wildman–Crippen LogP) is 1.03. The largest absolute Gasteiger partial charge is 0.300 e. The van der Waals surface area contributed by atoms with Crippen molar-refractivity contribution in [2.45, 2.75) is 20.3 Å². The first kappa shape index (κ1) is 8.01. The highest BCUT2D eigenvalue weighted by Crippen LogP contribution is 1.85. The molecule has 3 heteroatoms. The Kier molecular flexibility index (Phi) is 3.51. The number of aliphatic imine (C=N–C) groups is 1. The number of hydrogen-bond acceptors (Lipinski definition) is 2. The Morgan fingerprint density at radius 2 is 2.22 bits per heavy atom. The second-order valence-corrected chi connectivity index (χ2v) is 1.87. The molecule has 0 fully saturated rings. The third kappa shape index (κ3) is 4.87. The Morgan fingerprint density at radius 1 is 1.67 bits per heavy atom. The van der Waals surface area contributed by atoms with Crippen molar-refractivity contribution in [3.63, 3.8) is 0 Å². The van der Waals surface area contributed by atoms with Crippen molar-refractivity contribution < 1.29 is 4.79 Å². The average Bonchev–Trinajstić information content (AvgIpc) is 1.63. The highest BCUT2D eigenvalue weighted by molar-refractivity contribution is 6.01. The number of rotatable bonds is 3. The molecule has 0 bridgehead atoms. The smallest absolute Gasteiger partial charge is 0.135 e. The van der Waals surface area contributed by atoms with Gasteiger partial charge in [-0.2, -0.15) is 0 Å². The van der Waals surface area contributed by atoms with Crippen LogP contribution in [0.25, 0.3) is 0 Å². The van der Waals surface area contributed by atoms with Gasteiger partial charge < -0.3 is 0 Å². The molecule has 0 aliphatic carbocycles. The third-order valence-electron chi connectivity index (χ3n) is 0.790. The van der Waals surface area contributed by atoms with E-state index < -0.39 is 0 Å². The van der Waals surface area contributed by atoms with Gasteiger partial charge in [0.05, 0.1) is 0 Å². The van der Waals surface area contributed by atoms with E-state index in [-0.39, 0.29) is 5.78 Å². The van der Waals surface area contributed by atoms with E-state index in [2.05, 4.69) is 4.99 Å². The van der Waals surface area contributed by atoms with Gasteiger partial charge in [-0.25, -0.2) is 4.99 Å². The fourth-order valence-corrected chi connectivity index (χ4v) is 0.516. The van der Waals surface area contributed by atoms with Crippen LogP contribution in [0.1, 0.15) is 20.3 Å². The zero-order chi connectivity index (χ0) is 7.28. The van der Waals surface area contributed by atoms with Crippen LogP contribution in [0.4, 0.5) is 0 Å². The highest BCUT2D eigenvalue weighted by Gasteiger charge is 1.93. The van der Waals surface area contributed by atoms with Crippen molar-refractivity contribution in [1.82, 2.24) is 0 Å². The van der Waals surface area contributed by atoms with E-state index in [1.54, 1.807) is 6.92 Å². The monoisotopic (exact) mass is 126 g/mol. The fraction of sp³-hybridized carbons (Fsp3) is 0.500. The van der Waals surface area contributed by atoms with Crippen LogP contribution in [-0.4, -0.2) is 17.8 Å². The maximum atomic E-state index is 10.4. The number of nitrogens with one attached hydrogen (secondary N) is 1.